The number of rotatable bonds is 4. The van der Waals surface area contributed by atoms with Crippen LogP contribution in [0.4, 0.5) is 0 Å². The van der Waals surface area contributed by atoms with Crippen molar-refractivity contribution in [2.75, 3.05) is 0 Å². The summed E-state index contributed by atoms with van der Waals surface area (Å²) in [5.74, 6) is 2.33. The number of nitrogens with zero attached hydrogens (tertiary/aromatic N) is 3. The molecule has 0 saturated heterocycles. The molecule has 0 spiro atoms. The molecule has 1 aromatic carbocycles. The van der Waals surface area contributed by atoms with Gasteiger partial charge in [0, 0.05) is 12.1 Å². The molecule has 1 heterocycles. The summed E-state index contributed by atoms with van der Waals surface area (Å²) in [4.78, 5) is 0. The minimum Gasteiger partial charge on any atom is -0.310 e. The summed E-state index contributed by atoms with van der Waals surface area (Å²) in [5, 5.41) is 9.36. The molecule has 19 heavy (non-hydrogen) atoms. The first-order chi connectivity index (χ1) is 9.02. The van der Waals surface area contributed by atoms with Crippen LogP contribution >= 0.6 is 34.8 Å². The van der Waals surface area contributed by atoms with Gasteiger partial charge in [-0.05, 0) is 24.1 Å². The largest absolute Gasteiger partial charge is 0.310 e. The Balaban J connectivity index is 2.48. The zero-order valence-corrected chi connectivity index (χ0v) is 13.0. The molecule has 0 amide bonds. The normalized spacial score (nSPS) is 11.3. The molecule has 2 aromatic rings. The van der Waals surface area contributed by atoms with Gasteiger partial charge < -0.3 is 4.57 Å². The van der Waals surface area contributed by atoms with Gasteiger partial charge in [0.25, 0.3) is 0 Å². The quantitative estimate of drug-likeness (QED) is 0.768. The van der Waals surface area contributed by atoms with Crippen LogP contribution in [0.25, 0.3) is 11.4 Å². The molecule has 0 N–H and O–H groups in total. The van der Waals surface area contributed by atoms with Crippen LogP contribution in [0.5, 0.6) is 0 Å². The second-order valence-corrected chi connectivity index (χ2v) is 5.79. The summed E-state index contributed by atoms with van der Waals surface area (Å²) in [5.41, 5.74) is 0.888. The fourth-order valence-electron chi connectivity index (χ4n) is 1.84. The van der Waals surface area contributed by atoms with E-state index in [0.717, 1.165) is 23.8 Å². The van der Waals surface area contributed by atoms with Crippen LogP contribution in [0.15, 0.2) is 18.2 Å². The third kappa shape index (κ3) is 3.22. The summed E-state index contributed by atoms with van der Waals surface area (Å²) in [7, 11) is 0. The van der Waals surface area contributed by atoms with Crippen molar-refractivity contribution >= 4 is 34.8 Å². The Kier molecular flexibility index (Phi) is 4.71. The van der Waals surface area contributed by atoms with Gasteiger partial charge in [0.15, 0.2) is 5.82 Å². The highest BCUT2D eigenvalue weighted by Gasteiger charge is 2.15. The lowest BCUT2D eigenvalue weighted by Crippen LogP contribution is -2.09. The molecular formula is C13H14Cl3N3. The first-order valence-corrected chi connectivity index (χ1v) is 7.25. The van der Waals surface area contributed by atoms with Crippen LogP contribution in [0, 0.1) is 5.92 Å². The average Bonchev–Trinajstić information content (AvgIpc) is 2.75. The fourth-order valence-corrected chi connectivity index (χ4v) is 2.34. The number of alkyl halides is 1. The van der Waals surface area contributed by atoms with E-state index in [2.05, 4.69) is 24.0 Å². The average molecular weight is 319 g/mol. The SMILES string of the molecule is CC(C)Cn1c(CCl)nnc1-c1ccc(Cl)c(Cl)c1. The van der Waals surface area contributed by atoms with Crippen molar-refractivity contribution < 1.29 is 0 Å². The molecule has 102 valence electrons. The summed E-state index contributed by atoms with van der Waals surface area (Å²) in [6.45, 7) is 5.08. The topological polar surface area (TPSA) is 30.7 Å². The van der Waals surface area contributed by atoms with E-state index in [1.165, 1.54) is 0 Å². The highest BCUT2D eigenvalue weighted by atomic mass is 35.5. The lowest BCUT2D eigenvalue weighted by Gasteiger charge is -2.12. The molecule has 3 nitrogen and oxygen atoms in total. The Bertz CT molecular complexity index is 579. The van der Waals surface area contributed by atoms with Crippen LogP contribution in [0.2, 0.25) is 10.0 Å². The highest BCUT2D eigenvalue weighted by molar-refractivity contribution is 6.42. The molecule has 0 aliphatic heterocycles. The standard InChI is InChI=1S/C13H14Cl3N3/c1-8(2)7-19-12(6-14)17-18-13(19)9-3-4-10(15)11(16)5-9/h3-5,8H,6-7H2,1-2H3. The second-order valence-electron chi connectivity index (χ2n) is 4.71. The molecule has 0 unspecified atom stereocenters. The lowest BCUT2D eigenvalue weighted by molar-refractivity contribution is 0.515. The van der Waals surface area contributed by atoms with Gasteiger partial charge in [-0.1, -0.05) is 37.0 Å². The van der Waals surface area contributed by atoms with E-state index < -0.39 is 0 Å². The Morgan fingerprint density at radius 1 is 1.16 bits per heavy atom. The fraction of sp³-hybridized carbons (Fsp3) is 0.385. The Morgan fingerprint density at radius 2 is 1.89 bits per heavy atom. The zero-order valence-electron chi connectivity index (χ0n) is 10.7. The van der Waals surface area contributed by atoms with Crippen LogP contribution in [-0.2, 0) is 12.4 Å². The summed E-state index contributed by atoms with van der Waals surface area (Å²) in [6, 6.07) is 5.43. The number of aromatic nitrogens is 3. The second kappa shape index (κ2) is 6.12. The Labute approximate surface area is 127 Å². The summed E-state index contributed by atoms with van der Waals surface area (Å²) in [6.07, 6.45) is 0. The summed E-state index contributed by atoms with van der Waals surface area (Å²) < 4.78 is 2.03. The molecule has 1 aromatic heterocycles. The van der Waals surface area contributed by atoms with Crippen molar-refractivity contribution in [1.29, 1.82) is 0 Å². The van der Waals surface area contributed by atoms with E-state index in [4.69, 9.17) is 34.8 Å². The maximum Gasteiger partial charge on any atom is 0.164 e. The molecule has 2 rings (SSSR count). The van der Waals surface area contributed by atoms with E-state index in [1.807, 2.05) is 10.6 Å². The van der Waals surface area contributed by atoms with Crippen molar-refractivity contribution in [3.8, 4) is 11.4 Å². The minimum absolute atomic E-state index is 0.334. The summed E-state index contributed by atoms with van der Waals surface area (Å²) >= 11 is 17.9. The van der Waals surface area contributed by atoms with Crippen LogP contribution in [0.1, 0.15) is 19.7 Å². The van der Waals surface area contributed by atoms with Crippen molar-refractivity contribution in [3.05, 3.63) is 34.1 Å². The molecule has 0 radical (unpaired) electrons. The molecule has 0 aliphatic rings. The van der Waals surface area contributed by atoms with Gasteiger partial charge in [-0.25, -0.2) is 0 Å². The third-order valence-electron chi connectivity index (χ3n) is 2.67. The number of benzene rings is 1. The van der Waals surface area contributed by atoms with Gasteiger partial charge in [-0.15, -0.1) is 21.8 Å². The van der Waals surface area contributed by atoms with Crippen molar-refractivity contribution in [2.45, 2.75) is 26.3 Å². The minimum atomic E-state index is 0.334. The maximum absolute atomic E-state index is 6.05. The van der Waals surface area contributed by atoms with Gasteiger partial charge >= 0.3 is 0 Å². The van der Waals surface area contributed by atoms with Gasteiger partial charge in [0.05, 0.1) is 15.9 Å². The van der Waals surface area contributed by atoms with Crippen molar-refractivity contribution in [1.82, 2.24) is 14.8 Å². The van der Waals surface area contributed by atoms with Gasteiger partial charge in [-0.3, -0.25) is 0 Å². The third-order valence-corrected chi connectivity index (χ3v) is 3.65. The predicted molar refractivity (Wildman–Crippen MR) is 79.9 cm³/mol. The predicted octanol–water partition coefficient (Wildman–Crippen LogP) is 4.65. The molecule has 0 fully saturated rings. The van der Waals surface area contributed by atoms with Gasteiger partial charge in [-0.2, -0.15) is 0 Å². The van der Waals surface area contributed by atoms with E-state index >= 15 is 0 Å². The van der Waals surface area contributed by atoms with Crippen LogP contribution < -0.4 is 0 Å². The van der Waals surface area contributed by atoms with Gasteiger partial charge in [0.1, 0.15) is 5.82 Å². The highest BCUT2D eigenvalue weighted by Crippen LogP contribution is 2.28. The van der Waals surface area contributed by atoms with Crippen molar-refractivity contribution in [3.63, 3.8) is 0 Å². The number of halogens is 3. The number of hydrogen-bond donors (Lipinski definition) is 0. The smallest absolute Gasteiger partial charge is 0.164 e. The molecule has 0 atom stereocenters. The van der Waals surface area contributed by atoms with Crippen molar-refractivity contribution in [2.24, 2.45) is 5.92 Å². The monoisotopic (exact) mass is 317 g/mol. The Hall–Kier alpha value is -0.770. The zero-order chi connectivity index (χ0) is 14.0. The molecule has 0 saturated carbocycles. The van der Waals surface area contributed by atoms with E-state index in [-0.39, 0.29) is 0 Å². The first kappa shape index (κ1) is 14.6. The molecule has 0 aliphatic carbocycles. The van der Waals surface area contributed by atoms with E-state index in [0.29, 0.717) is 21.8 Å². The van der Waals surface area contributed by atoms with E-state index in [1.54, 1.807) is 12.1 Å². The molecule has 6 heteroatoms. The maximum atomic E-state index is 6.05. The lowest BCUT2D eigenvalue weighted by atomic mass is 10.2. The first-order valence-electron chi connectivity index (χ1n) is 5.96. The Morgan fingerprint density at radius 3 is 2.47 bits per heavy atom. The number of hydrogen-bond acceptors (Lipinski definition) is 2. The van der Waals surface area contributed by atoms with Crippen LogP contribution in [0.3, 0.4) is 0 Å². The molecule has 0 bridgehead atoms. The van der Waals surface area contributed by atoms with Gasteiger partial charge in [0.2, 0.25) is 0 Å². The molecular weight excluding hydrogens is 305 g/mol. The van der Waals surface area contributed by atoms with Crippen LogP contribution in [-0.4, -0.2) is 14.8 Å². The van der Waals surface area contributed by atoms with E-state index in [9.17, 15) is 0 Å².